The molecule has 0 aliphatic carbocycles. The minimum atomic E-state index is -1.91. The minimum Gasteiger partial charge on any atom is -0.361 e. The van der Waals surface area contributed by atoms with E-state index in [2.05, 4.69) is 72.4 Å². The van der Waals surface area contributed by atoms with Crippen molar-refractivity contribution in [2.75, 3.05) is 24.6 Å². The number of hydrogen-bond donors (Lipinski definition) is 14. The first kappa shape index (κ1) is 80.0. The normalized spacial score (nSPS) is 24.1. The van der Waals surface area contributed by atoms with E-state index >= 15 is 38.4 Å². The molecule has 2 fully saturated rings. The number of aromatic amines is 4. The van der Waals surface area contributed by atoms with Crippen molar-refractivity contribution in [2.45, 2.75) is 153 Å². The smallest absolute Gasteiger partial charge is 0.245 e. The fourth-order valence-corrected chi connectivity index (χ4v) is 16.0. The van der Waals surface area contributed by atoms with Gasteiger partial charge in [-0.2, -0.15) is 0 Å². The Bertz CT molecular complexity index is 4210. The first-order valence-electron chi connectivity index (χ1n) is 36.2. The van der Waals surface area contributed by atoms with E-state index in [4.69, 9.17) is 11.5 Å². The third-order valence-electron chi connectivity index (χ3n) is 19.8. The van der Waals surface area contributed by atoms with Gasteiger partial charge in [0, 0.05) is 133 Å². The van der Waals surface area contributed by atoms with E-state index in [1.807, 2.05) is 42.5 Å². The van der Waals surface area contributed by atoms with Crippen LogP contribution in [0.25, 0.3) is 21.8 Å². The lowest BCUT2D eigenvalue weighted by Gasteiger charge is -2.31. The average molecular weight is 1510 g/mol. The van der Waals surface area contributed by atoms with Crippen LogP contribution in [-0.2, 0) is 96.1 Å². The molecule has 4 aromatic carbocycles. The molecule has 570 valence electrons. The summed E-state index contributed by atoms with van der Waals surface area (Å²) < 4.78 is 0. The maximum atomic E-state index is 15.7. The summed E-state index contributed by atoms with van der Waals surface area (Å²) >= 11 is 0. The predicted molar refractivity (Wildman–Crippen MR) is 410 cm³/mol. The Hall–Kier alpha value is -10.6. The van der Waals surface area contributed by atoms with Gasteiger partial charge in [-0.05, 0) is 80.6 Å². The second-order valence-corrected chi connectivity index (χ2v) is 31.4. The summed E-state index contributed by atoms with van der Waals surface area (Å²) in [6.45, 7) is 5.64. The number of imidazole rings is 2. The van der Waals surface area contributed by atoms with Gasteiger partial charge in [0.1, 0.15) is 59.1 Å². The number of Topliss-reactive ketones (excluding diaryl/α,β-unsaturated/α-hetero) is 4. The van der Waals surface area contributed by atoms with E-state index in [1.165, 1.54) is 32.7 Å². The maximum absolute atomic E-state index is 15.7. The van der Waals surface area contributed by atoms with Crippen LogP contribution in [0.5, 0.6) is 0 Å². The average Bonchev–Trinajstić information content (AvgIpc) is 1.27. The second-order valence-electron chi connectivity index (χ2n) is 28.9. The topological polar surface area (TPSA) is 442 Å². The van der Waals surface area contributed by atoms with Gasteiger partial charge >= 0.3 is 0 Å². The fraction of sp³-hybridized carbons (Fsp3) is 0.410. The van der Waals surface area contributed by atoms with Gasteiger partial charge < -0.3 is 73.9 Å². The molecule has 10 rings (SSSR count). The third kappa shape index (κ3) is 21.6. The van der Waals surface area contributed by atoms with E-state index in [-0.39, 0.29) is 76.0 Å². The SMILES string of the molecule is CC1(C)CC(=O)[C@@H]2CSSC[C@H](NC(=O)[C@H](Cc3c[nH]c4ccccc34)NC(=O)[C@H](CCN)NC(=O)[C@@H](Cc3ccccc3)NC(=O)[C@H](Cc3c[nH]cn3)CC1=O)C(=O)NC(C)(C)C(=O)N[C@@H](Cc1c[nH]cn1)C(=O)N[C@H](Cc1ccccc1)C(=O)N[C@@H](CCN)C(=O)C[C@@H](Cc1c[nH]c3ccccc13)C(=O)C2. The highest BCUT2D eigenvalue weighted by atomic mass is 33.1. The zero-order valence-electron chi connectivity index (χ0n) is 60.7. The van der Waals surface area contributed by atoms with E-state index < -0.39 is 167 Å². The van der Waals surface area contributed by atoms with Crippen molar-refractivity contribution in [3.8, 4) is 0 Å². The number of rotatable bonds is 16. The molecule has 2 bridgehead atoms. The molecule has 8 amide bonds. The molecular weight excluding hydrogens is 1420 g/mol. The predicted octanol–water partition coefficient (Wildman–Crippen LogP) is 3.96. The van der Waals surface area contributed by atoms with Crippen LogP contribution in [0.1, 0.15) is 99.9 Å². The van der Waals surface area contributed by atoms with Crippen LogP contribution in [0, 0.1) is 23.2 Å². The summed E-state index contributed by atoms with van der Waals surface area (Å²) in [5.41, 5.74) is 13.6. The molecule has 16 N–H and O–H groups in total. The van der Waals surface area contributed by atoms with Crippen LogP contribution >= 0.6 is 21.6 Å². The third-order valence-corrected chi connectivity index (χ3v) is 22.2. The van der Waals surface area contributed by atoms with Gasteiger partial charge in [-0.15, -0.1) is 0 Å². The molecule has 28 nitrogen and oxygen atoms in total. The standard InChI is InChI=1S/C78H94N16O12S2/c1-77(2)36-67(97)51-33-65(95)47(29-49-37-83-56-21-13-11-19-54(49)56)32-66(96)58(23-25-79)87-71(101)61(28-46-17-9-6-10-18-46)90-74(104)63(35-53-40-82-44-86-53)93-76(106)78(3,4)94-75(105)64(42-108-107-41-51)92-73(103)62(31-50-38-84-57-22-14-12-20-55(50)57)91-70(100)59(24-26-80)88-72(102)60(27-45-15-7-5-8-16-45)89-69(99)48(34-68(77)98)30-52-39-81-43-85-52/h5-22,37-40,43-44,47-48,51,58-64,83-84H,23-36,41-42,79-80H2,1-4H3,(H,81,85)(H,82,86)(H,87,101)(H,88,102)(H,89,99)(H,90,104)(H,91,100)(H,92,103)(H,93,106)(H,94,105)/t47-,48-,51+,58+,59+,60-,61-,62+,63+,64+/m1/s1. The highest BCUT2D eigenvalue weighted by Gasteiger charge is 2.42. The number of nitrogens with one attached hydrogen (secondary N) is 12. The zero-order valence-corrected chi connectivity index (χ0v) is 62.3. The molecule has 108 heavy (non-hydrogen) atoms. The fourth-order valence-electron chi connectivity index (χ4n) is 13.5. The van der Waals surface area contributed by atoms with Crippen LogP contribution in [-0.4, -0.2) is 173 Å². The molecule has 2 aliphatic heterocycles. The van der Waals surface area contributed by atoms with E-state index in [9.17, 15) is 19.2 Å². The molecule has 30 heteroatoms. The summed E-state index contributed by atoms with van der Waals surface area (Å²) in [5.74, 6) is -12.9. The quantitative estimate of drug-likeness (QED) is 0.0609. The number of amides is 8. The summed E-state index contributed by atoms with van der Waals surface area (Å²) in [6.07, 6.45) is 6.44. The van der Waals surface area contributed by atoms with Crippen molar-refractivity contribution in [1.82, 2.24) is 72.4 Å². The Morgan fingerprint density at radius 1 is 0.426 bits per heavy atom. The molecule has 4 aromatic heterocycles. The van der Waals surface area contributed by atoms with Crippen molar-refractivity contribution >= 4 is 114 Å². The lowest BCUT2D eigenvalue weighted by Crippen LogP contribution is -2.64. The number of carbonyl (C=O) groups excluding carboxylic acids is 12. The van der Waals surface area contributed by atoms with Crippen LogP contribution in [0.15, 0.2) is 147 Å². The Labute approximate surface area is 632 Å². The molecule has 2 saturated heterocycles. The first-order valence-corrected chi connectivity index (χ1v) is 38.7. The largest absolute Gasteiger partial charge is 0.361 e. The number of nitrogens with zero attached hydrogens (tertiary/aromatic N) is 2. The van der Waals surface area contributed by atoms with Crippen molar-refractivity contribution < 1.29 is 57.5 Å². The number of para-hydroxylation sites is 2. The highest BCUT2D eigenvalue weighted by Crippen LogP contribution is 2.35. The summed E-state index contributed by atoms with van der Waals surface area (Å²) in [6, 6.07) is 22.1. The minimum absolute atomic E-state index is 0.0178. The van der Waals surface area contributed by atoms with Gasteiger partial charge in [0.15, 0.2) is 5.78 Å². The molecular formula is C78H94N16O12S2. The van der Waals surface area contributed by atoms with E-state index in [1.54, 1.807) is 99.2 Å². The Kier molecular flexibility index (Phi) is 27.6. The zero-order chi connectivity index (χ0) is 77.1. The second kappa shape index (κ2) is 37.3. The molecule has 0 saturated carbocycles. The Morgan fingerprint density at radius 2 is 0.898 bits per heavy atom. The highest BCUT2D eigenvalue weighted by molar-refractivity contribution is 8.76. The van der Waals surface area contributed by atoms with Gasteiger partial charge in [0.2, 0.25) is 47.3 Å². The van der Waals surface area contributed by atoms with Gasteiger partial charge in [-0.25, -0.2) is 9.97 Å². The lowest BCUT2D eigenvalue weighted by molar-refractivity contribution is -0.138. The number of fused-ring (bicyclic) bond motifs is 7. The number of nitrogens with two attached hydrogens (primary N) is 2. The lowest BCUT2D eigenvalue weighted by atomic mass is 9.75. The molecule has 0 unspecified atom stereocenters. The Morgan fingerprint density at radius 3 is 1.46 bits per heavy atom. The van der Waals surface area contributed by atoms with E-state index in [0.717, 1.165) is 32.5 Å². The maximum Gasteiger partial charge on any atom is 0.245 e. The number of H-pyrrole nitrogens is 4. The van der Waals surface area contributed by atoms with Crippen molar-refractivity contribution in [1.29, 1.82) is 0 Å². The summed E-state index contributed by atoms with van der Waals surface area (Å²) in [7, 11) is 2.10. The van der Waals surface area contributed by atoms with Crippen LogP contribution < -0.4 is 54.0 Å². The summed E-state index contributed by atoms with van der Waals surface area (Å²) in [4.78, 5) is 203. The van der Waals surface area contributed by atoms with Crippen LogP contribution in [0.2, 0.25) is 0 Å². The molecule has 8 aromatic rings. The van der Waals surface area contributed by atoms with E-state index in [0.29, 0.717) is 44.5 Å². The molecule has 10 atom stereocenters. The van der Waals surface area contributed by atoms with Gasteiger partial charge in [0.05, 0.1) is 36.0 Å². The summed E-state index contributed by atoms with van der Waals surface area (Å²) in [5, 5.41) is 24.0. The Balaban J connectivity index is 1.08. The number of hydrogen-bond acceptors (Lipinski definition) is 18. The van der Waals surface area contributed by atoms with Crippen molar-refractivity contribution in [3.63, 3.8) is 0 Å². The van der Waals surface area contributed by atoms with Gasteiger partial charge in [0.25, 0.3) is 0 Å². The van der Waals surface area contributed by atoms with Crippen molar-refractivity contribution in [2.24, 2.45) is 34.6 Å². The molecule has 0 radical (unpaired) electrons. The molecule has 6 heterocycles. The number of benzene rings is 4. The van der Waals surface area contributed by atoms with Crippen LogP contribution in [0.4, 0.5) is 0 Å². The van der Waals surface area contributed by atoms with Crippen LogP contribution in [0.3, 0.4) is 0 Å². The monoisotopic (exact) mass is 1510 g/mol. The van der Waals surface area contributed by atoms with Gasteiger partial charge in [-0.1, -0.05) is 132 Å². The van der Waals surface area contributed by atoms with Crippen molar-refractivity contribution in [3.05, 3.63) is 180 Å². The number of ketones is 4. The molecule has 0 spiro atoms. The number of carbonyl (C=O) groups is 12. The molecule has 2 aliphatic rings. The first-order chi connectivity index (χ1) is 51.8. The number of aromatic nitrogens is 6. The van der Waals surface area contributed by atoms with Gasteiger partial charge in [-0.3, -0.25) is 57.5 Å².